The van der Waals surface area contributed by atoms with E-state index in [1.807, 2.05) is 48.5 Å². The number of fused-ring (bicyclic) bond motifs is 1. The van der Waals surface area contributed by atoms with Gasteiger partial charge in [-0.2, -0.15) is 0 Å². The predicted molar refractivity (Wildman–Crippen MR) is 118 cm³/mol. The van der Waals surface area contributed by atoms with Crippen molar-refractivity contribution in [3.63, 3.8) is 0 Å². The third kappa shape index (κ3) is 4.18. The monoisotopic (exact) mass is 399 g/mol. The lowest BCUT2D eigenvalue weighted by molar-refractivity contribution is 0.259. The van der Waals surface area contributed by atoms with Crippen LogP contribution < -0.4 is 22.1 Å². The summed E-state index contributed by atoms with van der Waals surface area (Å²) in [4.78, 5) is 25.0. The molecule has 0 unspecified atom stereocenters. The lowest BCUT2D eigenvalue weighted by Crippen LogP contribution is -2.20. The summed E-state index contributed by atoms with van der Waals surface area (Å²) in [6, 6.07) is 16.4. The van der Waals surface area contributed by atoms with E-state index in [0.717, 1.165) is 28.5 Å². The number of anilines is 3. The first-order chi connectivity index (χ1) is 14.6. The molecule has 0 saturated carbocycles. The van der Waals surface area contributed by atoms with Crippen molar-refractivity contribution >= 4 is 34.1 Å². The van der Waals surface area contributed by atoms with E-state index in [4.69, 9.17) is 21.4 Å². The van der Waals surface area contributed by atoms with E-state index in [0.29, 0.717) is 29.6 Å². The van der Waals surface area contributed by atoms with Gasteiger partial charge >= 0.3 is 6.03 Å². The fraction of sp³-hybridized carbons (Fsp3) is 0.0909. The second-order valence-corrected chi connectivity index (χ2v) is 6.69. The Bertz CT molecular complexity index is 1190. The zero-order chi connectivity index (χ0) is 20.9. The van der Waals surface area contributed by atoms with Crippen molar-refractivity contribution in [2.45, 2.75) is 6.42 Å². The standard InChI is InChI=1S/C22H21N7O/c23-10-9-14-7-8-17-16(12-14)21(29-20(26-17)15-4-3-11-25-13-15)27-18-5-1-2-6-19(18)28-22(24)30/h1-8,11-13H,9-10,23H2,(H3,24,28,30)(H,26,27,29). The highest BCUT2D eigenvalue weighted by Gasteiger charge is 2.13. The summed E-state index contributed by atoms with van der Waals surface area (Å²) in [6.07, 6.45) is 4.17. The summed E-state index contributed by atoms with van der Waals surface area (Å²) in [5, 5.41) is 6.80. The Morgan fingerprint density at radius 2 is 1.83 bits per heavy atom. The molecule has 0 aliphatic heterocycles. The zero-order valence-electron chi connectivity index (χ0n) is 16.2. The molecule has 0 aliphatic rings. The molecular weight excluding hydrogens is 378 g/mol. The predicted octanol–water partition coefficient (Wildman–Crippen LogP) is 3.43. The van der Waals surface area contributed by atoms with E-state index >= 15 is 0 Å². The molecule has 0 fully saturated rings. The largest absolute Gasteiger partial charge is 0.351 e. The van der Waals surface area contributed by atoms with Gasteiger partial charge in [0, 0.05) is 23.3 Å². The van der Waals surface area contributed by atoms with Crippen LogP contribution in [-0.2, 0) is 6.42 Å². The molecule has 0 aliphatic carbocycles. The van der Waals surface area contributed by atoms with Gasteiger partial charge in [0.1, 0.15) is 5.82 Å². The van der Waals surface area contributed by atoms with Crippen LogP contribution in [0.2, 0.25) is 0 Å². The SMILES string of the molecule is NCCc1ccc2nc(-c3cccnc3)nc(Nc3ccccc3NC(N)=O)c2c1. The Morgan fingerprint density at radius 3 is 2.57 bits per heavy atom. The van der Waals surface area contributed by atoms with Gasteiger partial charge in [-0.15, -0.1) is 0 Å². The maximum Gasteiger partial charge on any atom is 0.316 e. The minimum Gasteiger partial charge on any atom is -0.351 e. The molecule has 150 valence electrons. The number of urea groups is 1. The van der Waals surface area contributed by atoms with Gasteiger partial charge < -0.3 is 22.1 Å². The minimum atomic E-state index is -0.641. The van der Waals surface area contributed by atoms with Gasteiger partial charge in [-0.05, 0) is 54.9 Å². The first-order valence-corrected chi connectivity index (χ1v) is 9.47. The second-order valence-electron chi connectivity index (χ2n) is 6.69. The van der Waals surface area contributed by atoms with E-state index in [9.17, 15) is 4.79 Å². The fourth-order valence-electron chi connectivity index (χ4n) is 3.18. The number of benzene rings is 2. The molecule has 2 heterocycles. The van der Waals surface area contributed by atoms with Crippen LogP contribution in [0.3, 0.4) is 0 Å². The molecule has 4 aromatic rings. The number of nitrogens with zero attached hydrogens (tertiary/aromatic N) is 3. The van der Waals surface area contributed by atoms with Crippen molar-refractivity contribution in [2.75, 3.05) is 17.2 Å². The van der Waals surface area contributed by atoms with Crippen LogP contribution in [0.5, 0.6) is 0 Å². The van der Waals surface area contributed by atoms with E-state index in [2.05, 4.69) is 15.6 Å². The molecule has 30 heavy (non-hydrogen) atoms. The Morgan fingerprint density at radius 1 is 1.00 bits per heavy atom. The first kappa shape index (κ1) is 19.3. The Balaban J connectivity index is 1.86. The van der Waals surface area contributed by atoms with E-state index in [1.54, 1.807) is 18.5 Å². The van der Waals surface area contributed by atoms with Crippen molar-refractivity contribution < 1.29 is 4.79 Å². The molecular formula is C22H21N7O. The van der Waals surface area contributed by atoms with Crippen LogP contribution in [-0.4, -0.2) is 27.5 Å². The third-order valence-corrected chi connectivity index (χ3v) is 4.55. The normalized spacial score (nSPS) is 10.7. The summed E-state index contributed by atoms with van der Waals surface area (Å²) in [5.74, 6) is 1.15. The summed E-state index contributed by atoms with van der Waals surface area (Å²) in [6.45, 7) is 0.550. The number of nitrogens with one attached hydrogen (secondary N) is 2. The lowest BCUT2D eigenvalue weighted by Gasteiger charge is -2.15. The highest BCUT2D eigenvalue weighted by molar-refractivity contribution is 5.96. The van der Waals surface area contributed by atoms with Crippen molar-refractivity contribution in [1.29, 1.82) is 0 Å². The lowest BCUT2D eigenvalue weighted by atomic mass is 10.1. The van der Waals surface area contributed by atoms with Gasteiger partial charge in [0.15, 0.2) is 5.82 Å². The summed E-state index contributed by atoms with van der Waals surface area (Å²) in [5.41, 5.74) is 14.9. The average Bonchev–Trinajstić information content (AvgIpc) is 2.76. The van der Waals surface area contributed by atoms with Crippen molar-refractivity contribution in [1.82, 2.24) is 15.0 Å². The molecule has 2 aromatic carbocycles. The van der Waals surface area contributed by atoms with E-state index < -0.39 is 6.03 Å². The smallest absolute Gasteiger partial charge is 0.316 e. The minimum absolute atomic E-state index is 0.546. The molecule has 8 heteroatoms. The third-order valence-electron chi connectivity index (χ3n) is 4.55. The zero-order valence-corrected chi connectivity index (χ0v) is 16.2. The number of para-hydroxylation sites is 2. The number of amides is 2. The van der Waals surface area contributed by atoms with Gasteiger partial charge in [-0.3, -0.25) is 4.98 Å². The number of hydrogen-bond acceptors (Lipinski definition) is 6. The summed E-state index contributed by atoms with van der Waals surface area (Å²) >= 11 is 0. The van der Waals surface area contributed by atoms with Gasteiger partial charge in [-0.1, -0.05) is 18.2 Å². The average molecular weight is 399 g/mol. The van der Waals surface area contributed by atoms with E-state index in [-0.39, 0.29) is 0 Å². The Kier molecular flexibility index (Phi) is 5.49. The fourth-order valence-corrected chi connectivity index (χ4v) is 3.18. The van der Waals surface area contributed by atoms with Crippen LogP contribution in [0.1, 0.15) is 5.56 Å². The number of carbonyl (C=O) groups excluding carboxylic acids is 1. The van der Waals surface area contributed by atoms with E-state index in [1.165, 1.54) is 0 Å². The highest BCUT2D eigenvalue weighted by Crippen LogP contribution is 2.31. The van der Waals surface area contributed by atoms with Crippen molar-refractivity contribution in [3.05, 3.63) is 72.6 Å². The molecule has 8 nitrogen and oxygen atoms in total. The number of carbonyl (C=O) groups is 1. The number of rotatable bonds is 6. The number of pyridine rings is 1. The highest BCUT2D eigenvalue weighted by atomic mass is 16.2. The molecule has 6 N–H and O–H groups in total. The summed E-state index contributed by atoms with van der Waals surface area (Å²) in [7, 11) is 0. The molecule has 0 radical (unpaired) electrons. The molecule has 0 atom stereocenters. The van der Waals surface area contributed by atoms with Crippen LogP contribution in [0.15, 0.2) is 67.0 Å². The van der Waals surface area contributed by atoms with Gasteiger partial charge in [0.25, 0.3) is 0 Å². The van der Waals surface area contributed by atoms with Crippen LogP contribution >= 0.6 is 0 Å². The van der Waals surface area contributed by atoms with Crippen LogP contribution in [0, 0.1) is 0 Å². The molecule has 0 saturated heterocycles. The quantitative estimate of drug-likeness (QED) is 0.393. The number of nitrogens with two attached hydrogens (primary N) is 2. The molecule has 0 spiro atoms. The van der Waals surface area contributed by atoms with Gasteiger partial charge in [-0.25, -0.2) is 14.8 Å². The van der Waals surface area contributed by atoms with Crippen LogP contribution in [0.4, 0.5) is 22.0 Å². The van der Waals surface area contributed by atoms with Crippen molar-refractivity contribution in [2.24, 2.45) is 11.5 Å². The number of hydrogen-bond donors (Lipinski definition) is 4. The number of primary amides is 1. The Labute approximate surface area is 173 Å². The van der Waals surface area contributed by atoms with Crippen LogP contribution in [0.25, 0.3) is 22.3 Å². The maximum atomic E-state index is 11.4. The molecule has 0 bridgehead atoms. The van der Waals surface area contributed by atoms with Crippen molar-refractivity contribution in [3.8, 4) is 11.4 Å². The van der Waals surface area contributed by atoms with Gasteiger partial charge in [0.2, 0.25) is 0 Å². The molecule has 2 aromatic heterocycles. The molecule has 2 amide bonds. The second kappa shape index (κ2) is 8.54. The topological polar surface area (TPSA) is 132 Å². The molecule has 4 rings (SSSR count). The maximum absolute atomic E-state index is 11.4. The van der Waals surface area contributed by atoms with Gasteiger partial charge in [0.05, 0.1) is 16.9 Å². The Hall–Kier alpha value is -4.04. The first-order valence-electron chi connectivity index (χ1n) is 9.47. The number of aromatic nitrogens is 3. The summed E-state index contributed by atoms with van der Waals surface area (Å²) < 4.78 is 0.